The van der Waals surface area contributed by atoms with Gasteiger partial charge in [-0.1, -0.05) is 6.92 Å². The zero-order chi connectivity index (χ0) is 12.8. The highest BCUT2D eigenvalue weighted by molar-refractivity contribution is 5.79. The number of hydrogen-bond acceptors (Lipinski definition) is 5. The summed E-state index contributed by atoms with van der Waals surface area (Å²) in [6, 6.07) is -1.11. The molecule has 1 aliphatic heterocycles. The van der Waals surface area contributed by atoms with Crippen LogP contribution in [0.25, 0.3) is 0 Å². The predicted molar refractivity (Wildman–Crippen MR) is 61.7 cm³/mol. The number of carboxylic acid groups (broad SMARTS) is 1. The van der Waals surface area contributed by atoms with Gasteiger partial charge in [-0.15, -0.1) is 0 Å². The topological polar surface area (TPSA) is 78.9 Å². The molecule has 0 aromatic carbocycles. The number of carboxylic acids is 1. The Labute approximate surface area is 101 Å². The van der Waals surface area contributed by atoms with Crippen molar-refractivity contribution < 1.29 is 19.4 Å². The van der Waals surface area contributed by atoms with Gasteiger partial charge in [-0.25, -0.2) is 0 Å². The van der Waals surface area contributed by atoms with Gasteiger partial charge in [0.2, 0.25) is 0 Å². The van der Waals surface area contributed by atoms with Crippen molar-refractivity contribution in [3.63, 3.8) is 0 Å². The van der Waals surface area contributed by atoms with E-state index in [0.717, 1.165) is 0 Å². The molecule has 0 saturated carbocycles. The number of carbonyl (C=O) groups is 2. The molecule has 0 spiro atoms. The lowest BCUT2D eigenvalue weighted by Crippen LogP contribution is -2.60. The number of carbonyl (C=O) groups excluding carboxylic acids is 1. The molecule has 98 valence electrons. The lowest BCUT2D eigenvalue weighted by atomic mass is 10.1. The second-order valence-electron chi connectivity index (χ2n) is 3.97. The molecule has 1 rings (SSSR count). The molecule has 2 unspecified atom stereocenters. The van der Waals surface area contributed by atoms with Crippen LogP contribution in [0.15, 0.2) is 0 Å². The van der Waals surface area contributed by atoms with Gasteiger partial charge in [-0.05, 0) is 13.3 Å². The van der Waals surface area contributed by atoms with Gasteiger partial charge in [0.15, 0.2) is 0 Å². The Balaban J connectivity index is 2.77. The summed E-state index contributed by atoms with van der Waals surface area (Å²) in [4.78, 5) is 24.6. The van der Waals surface area contributed by atoms with Gasteiger partial charge in [0.05, 0.1) is 6.61 Å². The zero-order valence-corrected chi connectivity index (χ0v) is 10.3. The first-order valence-electron chi connectivity index (χ1n) is 5.97. The minimum atomic E-state index is -0.885. The summed E-state index contributed by atoms with van der Waals surface area (Å²) in [6.45, 7) is 5.56. The average molecular weight is 244 g/mol. The van der Waals surface area contributed by atoms with E-state index in [1.807, 2.05) is 6.92 Å². The van der Waals surface area contributed by atoms with Crippen LogP contribution < -0.4 is 5.32 Å². The van der Waals surface area contributed by atoms with Crippen LogP contribution in [0, 0.1) is 0 Å². The molecule has 2 N–H and O–H groups in total. The third-order valence-corrected chi connectivity index (χ3v) is 2.92. The first-order chi connectivity index (χ1) is 8.11. The van der Waals surface area contributed by atoms with Crippen molar-refractivity contribution in [1.29, 1.82) is 0 Å². The average Bonchev–Trinajstić information content (AvgIpc) is 2.30. The van der Waals surface area contributed by atoms with Crippen molar-refractivity contribution in [2.75, 3.05) is 26.2 Å². The van der Waals surface area contributed by atoms with E-state index in [9.17, 15) is 9.59 Å². The maximum Gasteiger partial charge on any atom is 0.324 e. The Kier molecular flexibility index (Phi) is 5.37. The first kappa shape index (κ1) is 13.9. The molecule has 0 amide bonds. The van der Waals surface area contributed by atoms with E-state index < -0.39 is 18.1 Å². The molecule has 0 bridgehead atoms. The van der Waals surface area contributed by atoms with Crippen molar-refractivity contribution >= 4 is 11.9 Å². The molecule has 1 fully saturated rings. The third kappa shape index (κ3) is 3.41. The van der Waals surface area contributed by atoms with Crippen LogP contribution in [0.1, 0.15) is 20.3 Å². The van der Waals surface area contributed by atoms with Gasteiger partial charge < -0.3 is 15.2 Å². The third-order valence-electron chi connectivity index (χ3n) is 2.92. The SMILES string of the molecule is CCOC(=O)C1CNCCN1C(CC)C(=O)O. The predicted octanol–water partition coefficient (Wildman–Crippen LogP) is -0.313. The number of aliphatic carboxylic acids is 1. The molecule has 0 aromatic heterocycles. The molecule has 0 radical (unpaired) electrons. The van der Waals surface area contributed by atoms with E-state index in [2.05, 4.69) is 5.32 Å². The number of piperazine rings is 1. The van der Waals surface area contributed by atoms with E-state index in [1.165, 1.54) is 0 Å². The summed E-state index contributed by atoms with van der Waals surface area (Å²) in [5, 5.41) is 12.2. The molecule has 17 heavy (non-hydrogen) atoms. The second kappa shape index (κ2) is 6.56. The van der Waals surface area contributed by atoms with Crippen molar-refractivity contribution in [3.8, 4) is 0 Å². The Morgan fingerprint density at radius 3 is 2.76 bits per heavy atom. The summed E-state index contributed by atoms with van der Waals surface area (Å²) in [5.74, 6) is -1.23. The van der Waals surface area contributed by atoms with Crippen molar-refractivity contribution in [2.24, 2.45) is 0 Å². The fraction of sp³-hybridized carbons (Fsp3) is 0.818. The molecule has 1 heterocycles. The van der Waals surface area contributed by atoms with Gasteiger partial charge >= 0.3 is 11.9 Å². The Bertz CT molecular complexity index is 283. The molecule has 1 saturated heterocycles. The molecule has 0 aliphatic carbocycles. The molecule has 6 heteroatoms. The monoisotopic (exact) mass is 244 g/mol. The van der Waals surface area contributed by atoms with Crippen molar-refractivity contribution in [3.05, 3.63) is 0 Å². The first-order valence-corrected chi connectivity index (χ1v) is 5.97. The summed E-state index contributed by atoms with van der Waals surface area (Å²) >= 11 is 0. The van der Waals surface area contributed by atoms with Crippen LogP contribution in [0.4, 0.5) is 0 Å². The van der Waals surface area contributed by atoms with E-state index in [-0.39, 0.29) is 5.97 Å². The molecule has 2 atom stereocenters. The summed E-state index contributed by atoms with van der Waals surface area (Å²) in [7, 11) is 0. The Morgan fingerprint density at radius 2 is 2.24 bits per heavy atom. The number of esters is 1. The summed E-state index contributed by atoms with van der Waals surface area (Å²) in [6.07, 6.45) is 0.477. The number of hydrogen-bond donors (Lipinski definition) is 2. The van der Waals surface area contributed by atoms with Crippen molar-refractivity contribution in [1.82, 2.24) is 10.2 Å². The largest absolute Gasteiger partial charge is 0.480 e. The quantitative estimate of drug-likeness (QED) is 0.646. The van der Waals surface area contributed by atoms with Crippen LogP contribution in [0.3, 0.4) is 0 Å². The number of rotatable bonds is 5. The lowest BCUT2D eigenvalue weighted by Gasteiger charge is -2.37. The van der Waals surface area contributed by atoms with E-state index in [0.29, 0.717) is 32.7 Å². The lowest BCUT2D eigenvalue weighted by molar-refractivity contribution is -0.155. The Hall–Kier alpha value is -1.14. The van der Waals surface area contributed by atoms with Crippen LogP contribution in [0.5, 0.6) is 0 Å². The molecule has 0 aromatic rings. The van der Waals surface area contributed by atoms with Crippen LogP contribution in [-0.2, 0) is 14.3 Å². The Morgan fingerprint density at radius 1 is 1.53 bits per heavy atom. The zero-order valence-electron chi connectivity index (χ0n) is 10.3. The van der Waals surface area contributed by atoms with Gasteiger partial charge in [0, 0.05) is 19.6 Å². The molecule has 6 nitrogen and oxygen atoms in total. The van der Waals surface area contributed by atoms with Crippen molar-refractivity contribution in [2.45, 2.75) is 32.4 Å². The highest BCUT2D eigenvalue weighted by Crippen LogP contribution is 2.13. The maximum atomic E-state index is 11.8. The summed E-state index contributed by atoms with van der Waals surface area (Å²) < 4.78 is 4.97. The van der Waals surface area contributed by atoms with Crippen LogP contribution in [-0.4, -0.2) is 60.3 Å². The van der Waals surface area contributed by atoms with Gasteiger partial charge in [-0.3, -0.25) is 14.5 Å². The second-order valence-corrected chi connectivity index (χ2v) is 3.97. The fourth-order valence-electron chi connectivity index (χ4n) is 2.10. The van der Waals surface area contributed by atoms with E-state index in [4.69, 9.17) is 9.84 Å². The molecular weight excluding hydrogens is 224 g/mol. The fourth-order valence-corrected chi connectivity index (χ4v) is 2.10. The van der Waals surface area contributed by atoms with E-state index in [1.54, 1.807) is 11.8 Å². The molecule has 1 aliphatic rings. The number of ether oxygens (including phenoxy) is 1. The maximum absolute atomic E-state index is 11.8. The number of nitrogens with zero attached hydrogens (tertiary/aromatic N) is 1. The number of nitrogens with one attached hydrogen (secondary N) is 1. The van der Waals surface area contributed by atoms with E-state index >= 15 is 0 Å². The van der Waals surface area contributed by atoms with Gasteiger partial charge in [0.25, 0.3) is 0 Å². The standard InChI is InChI=1S/C11H20N2O4/c1-3-8(10(14)15)13-6-5-12-7-9(13)11(16)17-4-2/h8-9,12H,3-7H2,1-2H3,(H,14,15). The highest BCUT2D eigenvalue weighted by atomic mass is 16.5. The minimum Gasteiger partial charge on any atom is -0.480 e. The normalized spacial score (nSPS) is 23.1. The van der Waals surface area contributed by atoms with Crippen LogP contribution in [0.2, 0.25) is 0 Å². The van der Waals surface area contributed by atoms with Crippen LogP contribution >= 0.6 is 0 Å². The van der Waals surface area contributed by atoms with Gasteiger partial charge in [-0.2, -0.15) is 0 Å². The minimum absolute atomic E-state index is 0.313. The smallest absolute Gasteiger partial charge is 0.324 e. The summed E-state index contributed by atoms with van der Waals surface area (Å²) in [5.41, 5.74) is 0. The van der Waals surface area contributed by atoms with Gasteiger partial charge in [0.1, 0.15) is 12.1 Å². The highest BCUT2D eigenvalue weighted by Gasteiger charge is 2.36. The molecular formula is C11H20N2O4.